The first-order chi connectivity index (χ1) is 8.29. The largest absolute Gasteiger partial charge is 0.323 e. The Morgan fingerprint density at radius 1 is 1.00 bits per heavy atom. The van der Waals surface area contributed by atoms with Crippen LogP contribution in [0.5, 0.6) is 0 Å². The van der Waals surface area contributed by atoms with E-state index >= 15 is 0 Å². The molecule has 2 nitrogen and oxygen atoms in total. The van der Waals surface area contributed by atoms with Gasteiger partial charge in [-0.25, -0.2) is 4.39 Å². The molecule has 86 valence electrons. The first-order valence-corrected chi connectivity index (χ1v) is 5.36. The Kier molecular flexibility index (Phi) is 3.50. The van der Waals surface area contributed by atoms with E-state index in [0.717, 1.165) is 16.8 Å². The van der Waals surface area contributed by atoms with Gasteiger partial charge < -0.3 is 5.84 Å². The normalized spacial score (nSPS) is 11.5. The molecule has 0 unspecified atom stereocenters. The molecule has 0 spiro atoms. The third-order valence-corrected chi connectivity index (χ3v) is 2.55. The molecule has 0 heterocycles. The van der Waals surface area contributed by atoms with Gasteiger partial charge in [0.25, 0.3) is 0 Å². The van der Waals surface area contributed by atoms with Crippen molar-refractivity contribution < 1.29 is 4.39 Å². The molecule has 2 rings (SSSR count). The highest BCUT2D eigenvalue weighted by Crippen LogP contribution is 2.09. The topological polar surface area (TPSA) is 38.4 Å². The molecule has 0 radical (unpaired) electrons. The second kappa shape index (κ2) is 5.25. The molecule has 2 aromatic rings. The molecule has 2 N–H and O–H groups in total. The highest BCUT2D eigenvalue weighted by Gasteiger charge is 2.04. The van der Waals surface area contributed by atoms with Crippen molar-refractivity contribution in [2.75, 3.05) is 0 Å². The molecule has 0 bridgehead atoms. The van der Waals surface area contributed by atoms with Gasteiger partial charge in [0.2, 0.25) is 0 Å². The Morgan fingerprint density at radius 2 is 1.65 bits per heavy atom. The Labute approximate surface area is 99.6 Å². The summed E-state index contributed by atoms with van der Waals surface area (Å²) in [6.07, 6.45) is 0.598. The number of hydrogen-bond acceptors (Lipinski definition) is 2. The van der Waals surface area contributed by atoms with Crippen LogP contribution in [0.25, 0.3) is 0 Å². The molecule has 2 aromatic carbocycles. The number of hydrogen-bond donors (Lipinski definition) is 1. The van der Waals surface area contributed by atoms with E-state index in [1.165, 1.54) is 12.1 Å². The maximum absolute atomic E-state index is 12.8. The van der Waals surface area contributed by atoms with E-state index in [0.29, 0.717) is 6.42 Å². The quantitative estimate of drug-likeness (QED) is 0.489. The van der Waals surface area contributed by atoms with Gasteiger partial charge in [0.15, 0.2) is 0 Å². The van der Waals surface area contributed by atoms with Gasteiger partial charge in [-0.15, -0.1) is 0 Å². The number of nitrogens with two attached hydrogens (primary N) is 1. The zero-order valence-electron chi connectivity index (χ0n) is 9.31. The van der Waals surface area contributed by atoms with Crippen molar-refractivity contribution >= 4 is 5.71 Å². The summed E-state index contributed by atoms with van der Waals surface area (Å²) >= 11 is 0. The average molecular weight is 228 g/mol. The van der Waals surface area contributed by atoms with Crippen LogP contribution in [0, 0.1) is 5.82 Å². The predicted octanol–water partition coefficient (Wildman–Crippen LogP) is 2.73. The maximum atomic E-state index is 12.8. The lowest BCUT2D eigenvalue weighted by Gasteiger charge is -2.05. The lowest BCUT2D eigenvalue weighted by Crippen LogP contribution is -2.08. The highest BCUT2D eigenvalue weighted by molar-refractivity contribution is 6.01. The van der Waals surface area contributed by atoms with Crippen molar-refractivity contribution in [3.8, 4) is 0 Å². The van der Waals surface area contributed by atoms with Gasteiger partial charge >= 0.3 is 0 Å². The summed E-state index contributed by atoms with van der Waals surface area (Å²) in [5, 5.41) is 3.80. The van der Waals surface area contributed by atoms with E-state index in [1.807, 2.05) is 30.3 Å². The van der Waals surface area contributed by atoms with Crippen molar-refractivity contribution in [3.63, 3.8) is 0 Å². The van der Waals surface area contributed by atoms with Crippen LogP contribution in [0.4, 0.5) is 4.39 Å². The van der Waals surface area contributed by atoms with Crippen molar-refractivity contribution in [2.24, 2.45) is 10.9 Å². The summed E-state index contributed by atoms with van der Waals surface area (Å²) in [5.41, 5.74) is 2.76. The van der Waals surface area contributed by atoms with Gasteiger partial charge in [0.1, 0.15) is 5.82 Å². The summed E-state index contributed by atoms with van der Waals surface area (Å²) in [6, 6.07) is 16.1. The molecular weight excluding hydrogens is 215 g/mol. The van der Waals surface area contributed by atoms with Gasteiger partial charge in [0, 0.05) is 6.42 Å². The minimum atomic E-state index is -0.236. The van der Waals surface area contributed by atoms with E-state index in [4.69, 9.17) is 5.84 Å². The summed E-state index contributed by atoms with van der Waals surface area (Å²) in [4.78, 5) is 0. The van der Waals surface area contributed by atoms with E-state index in [1.54, 1.807) is 12.1 Å². The zero-order chi connectivity index (χ0) is 12.1. The van der Waals surface area contributed by atoms with E-state index in [-0.39, 0.29) is 5.82 Å². The third kappa shape index (κ3) is 2.91. The molecule has 0 atom stereocenters. The molecule has 17 heavy (non-hydrogen) atoms. The third-order valence-electron chi connectivity index (χ3n) is 2.55. The first-order valence-electron chi connectivity index (χ1n) is 5.36. The maximum Gasteiger partial charge on any atom is 0.123 e. The smallest absolute Gasteiger partial charge is 0.123 e. The van der Waals surface area contributed by atoms with Crippen LogP contribution in [-0.2, 0) is 6.42 Å². The van der Waals surface area contributed by atoms with Gasteiger partial charge in [-0.05, 0) is 23.3 Å². The second-order valence-corrected chi connectivity index (χ2v) is 3.75. The van der Waals surface area contributed by atoms with Crippen LogP contribution in [0.2, 0.25) is 0 Å². The molecule has 0 saturated carbocycles. The average Bonchev–Trinajstić information content (AvgIpc) is 2.39. The van der Waals surface area contributed by atoms with Crippen LogP contribution in [-0.4, -0.2) is 5.71 Å². The van der Waals surface area contributed by atoms with Gasteiger partial charge in [-0.1, -0.05) is 42.5 Å². The number of rotatable bonds is 3. The fraction of sp³-hybridized carbons (Fsp3) is 0.0714. The molecular formula is C14H13FN2. The summed E-state index contributed by atoms with van der Waals surface area (Å²) in [7, 11) is 0. The van der Waals surface area contributed by atoms with Crippen molar-refractivity contribution in [2.45, 2.75) is 6.42 Å². The van der Waals surface area contributed by atoms with Crippen LogP contribution in [0.3, 0.4) is 0 Å². The fourth-order valence-corrected chi connectivity index (χ4v) is 1.65. The molecule has 0 aliphatic heterocycles. The Balaban J connectivity index is 2.19. The van der Waals surface area contributed by atoms with Crippen LogP contribution >= 0.6 is 0 Å². The SMILES string of the molecule is NN=C(Cc1ccc(F)cc1)c1ccccc1. The van der Waals surface area contributed by atoms with Crippen molar-refractivity contribution in [1.29, 1.82) is 0 Å². The summed E-state index contributed by atoms with van der Waals surface area (Å²) in [5.74, 6) is 5.16. The Bertz CT molecular complexity index is 504. The predicted molar refractivity (Wildman–Crippen MR) is 67.3 cm³/mol. The van der Waals surface area contributed by atoms with E-state index in [2.05, 4.69) is 5.10 Å². The molecule has 0 amide bonds. The van der Waals surface area contributed by atoms with Crippen molar-refractivity contribution in [1.82, 2.24) is 0 Å². The van der Waals surface area contributed by atoms with E-state index in [9.17, 15) is 4.39 Å². The number of hydrazone groups is 1. The molecule has 3 heteroatoms. The Morgan fingerprint density at radius 3 is 2.24 bits per heavy atom. The minimum absolute atomic E-state index is 0.236. The fourth-order valence-electron chi connectivity index (χ4n) is 1.65. The molecule has 0 aliphatic carbocycles. The minimum Gasteiger partial charge on any atom is -0.323 e. The number of benzene rings is 2. The number of halogens is 1. The van der Waals surface area contributed by atoms with Gasteiger partial charge in [-0.2, -0.15) is 5.10 Å². The Hall–Kier alpha value is -2.16. The molecule has 0 saturated heterocycles. The van der Waals surface area contributed by atoms with Gasteiger partial charge in [0.05, 0.1) is 5.71 Å². The standard InChI is InChI=1S/C14H13FN2/c15-13-8-6-11(7-9-13)10-14(17-16)12-4-2-1-3-5-12/h1-9H,10,16H2. The van der Waals surface area contributed by atoms with Crippen LogP contribution < -0.4 is 5.84 Å². The monoisotopic (exact) mass is 228 g/mol. The van der Waals surface area contributed by atoms with Gasteiger partial charge in [-0.3, -0.25) is 0 Å². The second-order valence-electron chi connectivity index (χ2n) is 3.75. The highest BCUT2D eigenvalue weighted by atomic mass is 19.1. The number of nitrogens with zero attached hydrogens (tertiary/aromatic N) is 1. The lowest BCUT2D eigenvalue weighted by atomic mass is 10.0. The van der Waals surface area contributed by atoms with Crippen LogP contribution in [0.15, 0.2) is 59.7 Å². The summed E-state index contributed by atoms with van der Waals surface area (Å²) < 4.78 is 12.8. The first kappa shape index (κ1) is 11.3. The van der Waals surface area contributed by atoms with E-state index < -0.39 is 0 Å². The molecule has 0 fully saturated rings. The molecule has 0 aromatic heterocycles. The zero-order valence-corrected chi connectivity index (χ0v) is 9.31. The van der Waals surface area contributed by atoms with Crippen LogP contribution in [0.1, 0.15) is 11.1 Å². The molecule has 0 aliphatic rings. The summed E-state index contributed by atoms with van der Waals surface area (Å²) in [6.45, 7) is 0. The lowest BCUT2D eigenvalue weighted by molar-refractivity contribution is 0.627. The van der Waals surface area contributed by atoms with Crippen molar-refractivity contribution in [3.05, 3.63) is 71.5 Å².